The van der Waals surface area contributed by atoms with Crippen molar-refractivity contribution < 1.29 is 14.8 Å². The number of non-ortho nitro benzene ring substituents is 1. The molecular weight excluding hydrogens is 260 g/mol. The third-order valence-corrected chi connectivity index (χ3v) is 2.63. The van der Waals surface area contributed by atoms with Gasteiger partial charge in [0.05, 0.1) is 17.7 Å². The molecule has 0 atom stereocenters. The number of methoxy groups -OCH3 is 1. The normalized spacial score (nSPS) is 10.7. The second-order valence-electron chi connectivity index (χ2n) is 3.96. The average molecular weight is 272 g/mol. The van der Waals surface area contributed by atoms with Crippen LogP contribution in [-0.2, 0) is 0 Å². The van der Waals surface area contributed by atoms with Gasteiger partial charge in [-0.05, 0) is 24.3 Å². The van der Waals surface area contributed by atoms with Gasteiger partial charge in [-0.25, -0.2) is 0 Å². The lowest BCUT2D eigenvalue weighted by Crippen LogP contribution is -1.88. The molecule has 6 nitrogen and oxygen atoms in total. The molecule has 0 radical (unpaired) electrons. The van der Waals surface area contributed by atoms with E-state index >= 15 is 0 Å². The Morgan fingerprint density at radius 3 is 2.80 bits per heavy atom. The van der Waals surface area contributed by atoms with E-state index < -0.39 is 4.92 Å². The maximum absolute atomic E-state index is 10.7. The van der Waals surface area contributed by atoms with Gasteiger partial charge in [0.25, 0.3) is 5.69 Å². The fourth-order valence-electron chi connectivity index (χ4n) is 1.59. The van der Waals surface area contributed by atoms with Crippen molar-refractivity contribution in [3.63, 3.8) is 0 Å². The average Bonchev–Trinajstić information content (AvgIpc) is 2.46. The van der Waals surface area contributed by atoms with Crippen molar-refractivity contribution in [2.75, 3.05) is 7.11 Å². The second-order valence-corrected chi connectivity index (χ2v) is 3.96. The molecule has 102 valence electrons. The molecule has 0 unspecified atom stereocenters. The van der Waals surface area contributed by atoms with Gasteiger partial charge < -0.3 is 9.84 Å². The monoisotopic (exact) mass is 272 g/mol. The quantitative estimate of drug-likeness (QED) is 0.526. The fraction of sp³-hybridized carbons (Fsp3) is 0.0714. The molecule has 0 saturated heterocycles. The van der Waals surface area contributed by atoms with Gasteiger partial charge in [0.1, 0.15) is 11.5 Å². The first-order valence-corrected chi connectivity index (χ1v) is 5.75. The number of hydrogen-bond acceptors (Lipinski definition) is 5. The molecular formula is C14H12N2O4. The van der Waals surface area contributed by atoms with Crippen molar-refractivity contribution in [2.45, 2.75) is 0 Å². The largest absolute Gasteiger partial charge is 0.507 e. The highest BCUT2D eigenvalue weighted by atomic mass is 16.6. The summed E-state index contributed by atoms with van der Waals surface area (Å²) < 4.78 is 5.05. The van der Waals surface area contributed by atoms with E-state index in [2.05, 4.69) is 4.99 Å². The summed E-state index contributed by atoms with van der Waals surface area (Å²) in [4.78, 5) is 14.3. The van der Waals surface area contributed by atoms with Crippen molar-refractivity contribution in [1.82, 2.24) is 0 Å². The summed E-state index contributed by atoms with van der Waals surface area (Å²) in [6, 6.07) is 10.7. The van der Waals surface area contributed by atoms with E-state index in [9.17, 15) is 15.2 Å². The van der Waals surface area contributed by atoms with Crippen LogP contribution in [0.15, 0.2) is 47.5 Å². The Balaban J connectivity index is 2.29. The molecule has 0 aliphatic carbocycles. The maximum atomic E-state index is 10.7. The molecule has 0 saturated carbocycles. The summed E-state index contributed by atoms with van der Waals surface area (Å²) in [5.41, 5.74) is 0.867. The van der Waals surface area contributed by atoms with Gasteiger partial charge in [-0.2, -0.15) is 0 Å². The lowest BCUT2D eigenvalue weighted by molar-refractivity contribution is -0.384. The molecule has 0 aromatic heterocycles. The summed E-state index contributed by atoms with van der Waals surface area (Å²) >= 11 is 0. The highest BCUT2D eigenvalue weighted by molar-refractivity contribution is 5.86. The van der Waals surface area contributed by atoms with Crippen LogP contribution in [0.4, 0.5) is 11.4 Å². The Morgan fingerprint density at radius 1 is 1.30 bits per heavy atom. The summed E-state index contributed by atoms with van der Waals surface area (Å²) in [7, 11) is 1.52. The molecule has 0 amide bonds. The van der Waals surface area contributed by atoms with Gasteiger partial charge in [0.2, 0.25) is 0 Å². The SMILES string of the molecule is COc1ccc(O)c(C=Nc2cccc([N+](=O)[O-])c2)c1. The molecule has 0 fully saturated rings. The first-order chi connectivity index (χ1) is 9.60. The molecule has 20 heavy (non-hydrogen) atoms. The van der Waals surface area contributed by atoms with Crippen LogP contribution >= 0.6 is 0 Å². The number of rotatable bonds is 4. The Kier molecular flexibility index (Phi) is 3.95. The van der Waals surface area contributed by atoms with E-state index in [4.69, 9.17) is 4.74 Å². The van der Waals surface area contributed by atoms with Crippen LogP contribution < -0.4 is 4.74 Å². The molecule has 1 N–H and O–H groups in total. The minimum atomic E-state index is -0.484. The van der Waals surface area contributed by atoms with E-state index in [1.54, 1.807) is 24.3 Å². The van der Waals surface area contributed by atoms with Crippen molar-refractivity contribution in [3.05, 3.63) is 58.1 Å². The molecule has 6 heteroatoms. The zero-order chi connectivity index (χ0) is 14.5. The smallest absolute Gasteiger partial charge is 0.271 e. The molecule has 0 aliphatic heterocycles. The molecule has 0 bridgehead atoms. The topological polar surface area (TPSA) is 85.0 Å². The Hall–Kier alpha value is -2.89. The van der Waals surface area contributed by atoms with Gasteiger partial charge in [0, 0.05) is 23.9 Å². The Labute approximate surface area is 115 Å². The molecule has 0 aliphatic rings. The van der Waals surface area contributed by atoms with Crippen LogP contribution in [0.3, 0.4) is 0 Å². The lowest BCUT2D eigenvalue weighted by Gasteiger charge is -2.02. The van der Waals surface area contributed by atoms with Gasteiger partial charge in [-0.3, -0.25) is 15.1 Å². The number of nitrogens with zero attached hydrogens (tertiary/aromatic N) is 2. The van der Waals surface area contributed by atoms with Crippen LogP contribution in [0.25, 0.3) is 0 Å². The minimum absolute atomic E-state index is 0.0329. The predicted octanol–water partition coefficient (Wildman–Crippen LogP) is 3.06. The summed E-state index contributed by atoms with van der Waals surface area (Å²) in [6.07, 6.45) is 1.43. The second kappa shape index (κ2) is 5.83. The number of aromatic hydroxyl groups is 1. The van der Waals surface area contributed by atoms with E-state index in [-0.39, 0.29) is 11.4 Å². The van der Waals surface area contributed by atoms with Gasteiger partial charge >= 0.3 is 0 Å². The van der Waals surface area contributed by atoms with Crippen LogP contribution in [-0.4, -0.2) is 23.4 Å². The van der Waals surface area contributed by atoms with Gasteiger partial charge in [-0.1, -0.05) is 6.07 Å². The number of phenols is 1. The zero-order valence-electron chi connectivity index (χ0n) is 10.7. The predicted molar refractivity (Wildman–Crippen MR) is 75.0 cm³/mol. The number of benzene rings is 2. The fourth-order valence-corrected chi connectivity index (χ4v) is 1.59. The molecule has 2 rings (SSSR count). The number of aliphatic imine (C=N–C) groups is 1. The zero-order valence-corrected chi connectivity index (χ0v) is 10.7. The molecule has 2 aromatic carbocycles. The highest BCUT2D eigenvalue weighted by Gasteiger charge is 2.05. The van der Waals surface area contributed by atoms with Gasteiger partial charge in [0.15, 0.2) is 0 Å². The van der Waals surface area contributed by atoms with E-state index in [1.165, 1.54) is 31.5 Å². The third kappa shape index (κ3) is 3.11. The first kappa shape index (κ1) is 13.5. The molecule has 2 aromatic rings. The van der Waals surface area contributed by atoms with Crippen molar-refractivity contribution in [1.29, 1.82) is 0 Å². The number of ether oxygens (including phenoxy) is 1. The summed E-state index contributed by atoms with van der Waals surface area (Å²) in [5.74, 6) is 0.642. The maximum Gasteiger partial charge on any atom is 0.271 e. The van der Waals surface area contributed by atoms with E-state index in [1.807, 2.05) is 0 Å². The highest BCUT2D eigenvalue weighted by Crippen LogP contribution is 2.23. The Morgan fingerprint density at radius 2 is 2.10 bits per heavy atom. The lowest BCUT2D eigenvalue weighted by atomic mass is 10.2. The number of nitro benzene ring substituents is 1. The van der Waals surface area contributed by atoms with Crippen molar-refractivity contribution in [2.24, 2.45) is 4.99 Å². The van der Waals surface area contributed by atoms with Crippen LogP contribution in [0.2, 0.25) is 0 Å². The molecule has 0 spiro atoms. The van der Waals surface area contributed by atoms with Crippen molar-refractivity contribution in [3.8, 4) is 11.5 Å². The van der Waals surface area contributed by atoms with Gasteiger partial charge in [-0.15, -0.1) is 0 Å². The van der Waals surface area contributed by atoms with Crippen LogP contribution in [0, 0.1) is 10.1 Å². The first-order valence-electron chi connectivity index (χ1n) is 5.75. The third-order valence-electron chi connectivity index (χ3n) is 2.63. The van der Waals surface area contributed by atoms with E-state index in [0.717, 1.165) is 0 Å². The number of phenolic OH excluding ortho intramolecular Hbond substituents is 1. The summed E-state index contributed by atoms with van der Waals surface area (Å²) in [6.45, 7) is 0. The number of hydrogen-bond donors (Lipinski definition) is 1. The standard InChI is InChI=1S/C14H12N2O4/c1-20-13-5-6-14(17)10(7-13)9-15-11-3-2-4-12(8-11)16(18)19/h2-9,17H,1H3. The van der Waals surface area contributed by atoms with Crippen molar-refractivity contribution >= 4 is 17.6 Å². The molecule has 0 heterocycles. The summed E-state index contributed by atoms with van der Waals surface area (Å²) in [5, 5.41) is 20.4. The minimum Gasteiger partial charge on any atom is -0.507 e. The Bertz CT molecular complexity index is 668. The van der Waals surface area contributed by atoms with Crippen LogP contribution in [0.1, 0.15) is 5.56 Å². The van der Waals surface area contributed by atoms with E-state index in [0.29, 0.717) is 17.0 Å². The number of nitro groups is 1. The van der Waals surface area contributed by atoms with Crippen LogP contribution in [0.5, 0.6) is 11.5 Å².